The van der Waals surface area contributed by atoms with E-state index in [2.05, 4.69) is 34.1 Å². The van der Waals surface area contributed by atoms with Crippen molar-refractivity contribution < 1.29 is 4.74 Å². The zero-order valence-corrected chi connectivity index (χ0v) is 15.4. The third kappa shape index (κ3) is 3.68. The molecule has 24 heavy (non-hydrogen) atoms. The number of nitrogens with one attached hydrogen (secondary N) is 1. The highest BCUT2D eigenvalue weighted by atomic mass is 16.5. The Morgan fingerprint density at radius 3 is 2.62 bits per heavy atom. The van der Waals surface area contributed by atoms with Crippen LogP contribution in [0.4, 0.5) is 11.8 Å². The van der Waals surface area contributed by atoms with Crippen LogP contribution in [0, 0.1) is 6.92 Å². The summed E-state index contributed by atoms with van der Waals surface area (Å²) in [5.41, 5.74) is 7.51. The van der Waals surface area contributed by atoms with Crippen LogP contribution in [-0.4, -0.2) is 27.1 Å². The van der Waals surface area contributed by atoms with Crippen LogP contribution in [0.1, 0.15) is 59.1 Å². The Balaban J connectivity index is 0.00000100. The molecule has 6 nitrogen and oxygen atoms in total. The normalized spacial score (nSPS) is 18.9. The van der Waals surface area contributed by atoms with Gasteiger partial charge in [-0.25, -0.2) is 9.97 Å². The van der Waals surface area contributed by atoms with E-state index in [1.54, 1.807) is 0 Å². The van der Waals surface area contributed by atoms with Crippen LogP contribution < -0.4 is 15.8 Å². The minimum Gasteiger partial charge on any atom is -0.472 e. The number of nitrogens with two attached hydrogens (primary N) is 1. The molecule has 2 aromatic rings. The third-order valence-corrected chi connectivity index (χ3v) is 4.11. The number of nitrogens with zero attached hydrogens (tertiary/aromatic N) is 3. The van der Waals surface area contributed by atoms with E-state index in [0.717, 1.165) is 48.1 Å². The molecule has 0 spiro atoms. The highest BCUT2D eigenvalue weighted by molar-refractivity contribution is 5.94. The molecule has 0 saturated heterocycles. The van der Waals surface area contributed by atoms with Crippen molar-refractivity contribution in [3.8, 4) is 5.88 Å². The predicted molar refractivity (Wildman–Crippen MR) is 99.5 cm³/mol. The molecule has 3 heterocycles. The topological polar surface area (TPSA) is 86.0 Å². The molecule has 3 N–H and O–H groups in total. The SMILES string of the molecule is CC.CCCCC1Oc2nc(C)cc3nc(N)nc(c23)NC1CC. The first kappa shape index (κ1) is 18.2. The smallest absolute Gasteiger partial charge is 0.227 e. The molecule has 2 unspecified atom stereocenters. The van der Waals surface area contributed by atoms with Crippen LogP contribution in [0.2, 0.25) is 0 Å². The summed E-state index contributed by atoms with van der Waals surface area (Å²) in [5, 5.41) is 4.33. The number of aromatic nitrogens is 3. The number of anilines is 2. The number of nitrogen functional groups attached to an aromatic ring is 1. The van der Waals surface area contributed by atoms with E-state index >= 15 is 0 Å². The van der Waals surface area contributed by atoms with Crippen molar-refractivity contribution in [3.63, 3.8) is 0 Å². The lowest BCUT2D eigenvalue weighted by Crippen LogP contribution is -2.36. The molecule has 0 fully saturated rings. The van der Waals surface area contributed by atoms with Gasteiger partial charge in [0, 0.05) is 5.69 Å². The van der Waals surface area contributed by atoms with E-state index in [1.807, 2.05) is 26.8 Å². The predicted octanol–water partition coefficient (Wildman–Crippen LogP) is 4.08. The number of unbranched alkanes of at least 4 members (excludes halogenated alkanes) is 1. The van der Waals surface area contributed by atoms with E-state index < -0.39 is 0 Å². The summed E-state index contributed by atoms with van der Waals surface area (Å²) in [4.78, 5) is 13.3. The van der Waals surface area contributed by atoms with Crippen LogP contribution in [0.15, 0.2) is 6.07 Å². The summed E-state index contributed by atoms with van der Waals surface area (Å²) < 4.78 is 6.26. The lowest BCUT2D eigenvalue weighted by atomic mass is 10.0. The highest BCUT2D eigenvalue weighted by Crippen LogP contribution is 2.35. The molecule has 2 aromatic heterocycles. The van der Waals surface area contributed by atoms with Gasteiger partial charge in [-0.15, -0.1) is 0 Å². The largest absolute Gasteiger partial charge is 0.472 e. The molecule has 0 bridgehead atoms. The van der Waals surface area contributed by atoms with Gasteiger partial charge in [-0.05, 0) is 32.3 Å². The molecule has 1 aliphatic rings. The number of rotatable bonds is 4. The second-order valence-electron chi connectivity index (χ2n) is 5.85. The number of aryl methyl sites for hydroxylation is 1. The van der Waals surface area contributed by atoms with Crippen molar-refractivity contribution in [2.75, 3.05) is 11.1 Å². The fraction of sp³-hybridized carbons (Fsp3) is 0.611. The first-order valence-electron chi connectivity index (χ1n) is 9.00. The third-order valence-electron chi connectivity index (χ3n) is 4.11. The lowest BCUT2D eigenvalue weighted by molar-refractivity contribution is 0.161. The molecule has 0 aliphatic carbocycles. The van der Waals surface area contributed by atoms with Gasteiger partial charge in [0.25, 0.3) is 0 Å². The Bertz CT molecular complexity index is 683. The maximum Gasteiger partial charge on any atom is 0.227 e. The summed E-state index contributed by atoms with van der Waals surface area (Å²) in [5.74, 6) is 1.62. The molecule has 132 valence electrons. The highest BCUT2D eigenvalue weighted by Gasteiger charge is 2.29. The van der Waals surface area contributed by atoms with E-state index in [-0.39, 0.29) is 18.1 Å². The average Bonchev–Trinajstić information content (AvgIpc) is 2.71. The van der Waals surface area contributed by atoms with Gasteiger partial charge in [-0.3, -0.25) is 0 Å². The van der Waals surface area contributed by atoms with E-state index in [4.69, 9.17) is 10.5 Å². The Kier molecular flexibility index (Phi) is 6.17. The van der Waals surface area contributed by atoms with Crippen molar-refractivity contribution in [3.05, 3.63) is 11.8 Å². The van der Waals surface area contributed by atoms with E-state index in [0.29, 0.717) is 5.88 Å². The molecule has 0 radical (unpaired) electrons. The summed E-state index contributed by atoms with van der Waals surface area (Å²) >= 11 is 0. The van der Waals surface area contributed by atoms with Crippen LogP contribution in [-0.2, 0) is 0 Å². The minimum absolute atomic E-state index is 0.0814. The standard InChI is InChI=1S/C16H23N5O.C2H6/c1-4-6-7-12-10(5-2)19-14-13-11(20-16(17)21-14)8-9(3)18-15(13)22-12;1-2/h8,10,12H,4-7H2,1-3H3,(H3,17,19,20,21);1-2H3. The quantitative estimate of drug-likeness (QED) is 0.878. The molecular weight excluding hydrogens is 302 g/mol. The van der Waals surface area contributed by atoms with Gasteiger partial charge in [0.2, 0.25) is 11.8 Å². The summed E-state index contributed by atoms with van der Waals surface area (Å²) in [6.07, 6.45) is 4.30. The number of hydrogen-bond acceptors (Lipinski definition) is 6. The van der Waals surface area contributed by atoms with Gasteiger partial charge in [-0.1, -0.05) is 34.1 Å². The first-order valence-corrected chi connectivity index (χ1v) is 9.00. The fourth-order valence-electron chi connectivity index (χ4n) is 2.97. The number of ether oxygens (including phenoxy) is 1. The van der Waals surface area contributed by atoms with Crippen LogP contribution in [0.3, 0.4) is 0 Å². The molecule has 0 saturated carbocycles. The van der Waals surface area contributed by atoms with Crippen molar-refractivity contribution >= 4 is 22.7 Å². The van der Waals surface area contributed by atoms with E-state index in [1.165, 1.54) is 0 Å². The van der Waals surface area contributed by atoms with Crippen molar-refractivity contribution in [1.82, 2.24) is 15.0 Å². The minimum atomic E-state index is 0.0814. The Morgan fingerprint density at radius 1 is 1.21 bits per heavy atom. The second-order valence-corrected chi connectivity index (χ2v) is 5.85. The van der Waals surface area contributed by atoms with Crippen LogP contribution in [0.5, 0.6) is 5.88 Å². The van der Waals surface area contributed by atoms with Gasteiger partial charge in [-0.2, -0.15) is 4.98 Å². The lowest BCUT2D eigenvalue weighted by Gasteiger charge is -2.25. The summed E-state index contributed by atoms with van der Waals surface area (Å²) in [6.45, 7) is 10.3. The molecular formula is C18H29N5O. The van der Waals surface area contributed by atoms with Gasteiger partial charge >= 0.3 is 0 Å². The van der Waals surface area contributed by atoms with Crippen molar-refractivity contribution in [2.24, 2.45) is 0 Å². The average molecular weight is 331 g/mol. The van der Waals surface area contributed by atoms with Crippen molar-refractivity contribution in [1.29, 1.82) is 0 Å². The summed E-state index contributed by atoms with van der Waals surface area (Å²) in [6, 6.07) is 2.11. The zero-order valence-electron chi connectivity index (χ0n) is 15.4. The van der Waals surface area contributed by atoms with Gasteiger partial charge in [0.1, 0.15) is 17.3 Å². The van der Waals surface area contributed by atoms with Crippen molar-refractivity contribution in [2.45, 2.75) is 72.4 Å². The fourth-order valence-corrected chi connectivity index (χ4v) is 2.97. The Labute approximate surface area is 144 Å². The molecule has 0 aromatic carbocycles. The van der Waals surface area contributed by atoms with E-state index in [9.17, 15) is 0 Å². The zero-order chi connectivity index (χ0) is 17.7. The first-order chi connectivity index (χ1) is 11.6. The second kappa shape index (κ2) is 8.13. The molecule has 0 amide bonds. The molecule has 2 atom stereocenters. The summed E-state index contributed by atoms with van der Waals surface area (Å²) in [7, 11) is 0. The van der Waals surface area contributed by atoms with Gasteiger partial charge in [0.15, 0.2) is 0 Å². The molecule has 3 rings (SSSR count). The maximum absolute atomic E-state index is 6.26. The molecule has 6 heteroatoms. The number of hydrogen-bond donors (Lipinski definition) is 2. The maximum atomic E-state index is 6.26. The Morgan fingerprint density at radius 2 is 1.96 bits per heavy atom. The van der Waals surface area contributed by atoms with Crippen LogP contribution >= 0.6 is 0 Å². The monoisotopic (exact) mass is 331 g/mol. The van der Waals surface area contributed by atoms with Gasteiger partial charge < -0.3 is 15.8 Å². The number of pyridine rings is 1. The van der Waals surface area contributed by atoms with Crippen LogP contribution in [0.25, 0.3) is 10.9 Å². The Hall–Kier alpha value is -2.11. The molecule has 1 aliphatic heterocycles. The van der Waals surface area contributed by atoms with Gasteiger partial charge in [0.05, 0.1) is 11.6 Å².